The number of rotatable bonds is 11. The summed E-state index contributed by atoms with van der Waals surface area (Å²) in [4.78, 5) is 45.6. The Morgan fingerprint density at radius 1 is 1.08 bits per heavy atom. The number of hydrogen-bond acceptors (Lipinski definition) is 6. The highest BCUT2D eigenvalue weighted by atomic mass is 16.5. The molecule has 0 fully saturated rings. The fourth-order valence-electron chi connectivity index (χ4n) is 4.87. The van der Waals surface area contributed by atoms with Crippen LogP contribution in [0.1, 0.15) is 61.0 Å². The maximum atomic E-state index is 13.8. The Bertz CT molecular complexity index is 1340. The molecule has 8 heteroatoms. The van der Waals surface area contributed by atoms with Gasteiger partial charge >= 0.3 is 5.97 Å². The summed E-state index contributed by atoms with van der Waals surface area (Å²) in [6.07, 6.45) is 5.60. The van der Waals surface area contributed by atoms with Gasteiger partial charge in [0.15, 0.2) is 0 Å². The normalized spacial score (nSPS) is 12.8. The van der Waals surface area contributed by atoms with Gasteiger partial charge < -0.3 is 19.5 Å². The van der Waals surface area contributed by atoms with E-state index in [0.29, 0.717) is 18.5 Å². The number of carbonyl (C=O) groups is 2. The fourth-order valence-corrected chi connectivity index (χ4v) is 4.87. The van der Waals surface area contributed by atoms with Crippen LogP contribution in [0.3, 0.4) is 0 Å². The van der Waals surface area contributed by atoms with Crippen LogP contribution in [-0.4, -0.2) is 47.5 Å². The molecule has 3 rings (SSSR count). The molecule has 2 aromatic heterocycles. The summed E-state index contributed by atoms with van der Waals surface area (Å²) < 4.78 is 6.46. The van der Waals surface area contributed by atoms with Gasteiger partial charge in [0.25, 0.3) is 5.56 Å². The van der Waals surface area contributed by atoms with E-state index in [0.717, 1.165) is 27.8 Å². The number of ether oxygens (including phenoxy) is 1. The van der Waals surface area contributed by atoms with Gasteiger partial charge in [0.2, 0.25) is 5.91 Å². The zero-order chi connectivity index (χ0) is 28.7. The third-order valence-corrected chi connectivity index (χ3v) is 6.68. The van der Waals surface area contributed by atoms with Crippen molar-refractivity contribution in [2.45, 2.75) is 59.2 Å². The number of aryl methyl sites for hydroxylation is 2. The second-order valence-corrected chi connectivity index (χ2v) is 10.8. The highest BCUT2D eigenvalue weighted by Gasteiger charge is 2.27. The zero-order valence-electron chi connectivity index (χ0n) is 24.0. The SMILES string of the molecule is COC(=O)CC(NC(=O)C(CC(C)C)n1cc(CN(C)C)ccc1=O)c1cncc(-c2c(C)cccc2C)c1. The molecule has 2 unspecified atom stereocenters. The molecule has 0 aliphatic heterocycles. The van der Waals surface area contributed by atoms with Crippen LogP contribution in [0.4, 0.5) is 0 Å². The van der Waals surface area contributed by atoms with E-state index in [1.807, 2.05) is 71.0 Å². The molecule has 39 heavy (non-hydrogen) atoms. The summed E-state index contributed by atoms with van der Waals surface area (Å²) in [7, 11) is 5.22. The van der Waals surface area contributed by atoms with Gasteiger partial charge in [0.05, 0.1) is 19.6 Å². The largest absolute Gasteiger partial charge is 0.469 e. The number of methoxy groups -OCH3 is 1. The summed E-state index contributed by atoms with van der Waals surface area (Å²) in [5, 5.41) is 3.05. The lowest BCUT2D eigenvalue weighted by atomic mass is 9.94. The summed E-state index contributed by atoms with van der Waals surface area (Å²) in [6, 6.07) is 9.92. The maximum Gasteiger partial charge on any atom is 0.307 e. The molecule has 0 spiro atoms. The highest BCUT2D eigenvalue weighted by molar-refractivity contribution is 5.82. The van der Waals surface area contributed by atoms with E-state index in [1.54, 1.807) is 24.7 Å². The Morgan fingerprint density at radius 2 is 1.77 bits per heavy atom. The highest BCUT2D eigenvalue weighted by Crippen LogP contribution is 2.30. The second kappa shape index (κ2) is 13.3. The number of amides is 1. The standard InChI is InChI=1S/C31H40N4O4/c1-20(2)13-27(35-19-23(18-34(5)6)11-12-28(35)36)31(38)33-26(15-29(37)39-7)24-14-25(17-32-16-24)30-21(3)9-8-10-22(30)4/h8-12,14,16-17,19-20,26-27H,13,15,18H2,1-7H3,(H,33,38). The van der Waals surface area contributed by atoms with Gasteiger partial charge in [-0.15, -0.1) is 0 Å². The molecular weight excluding hydrogens is 492 g/mol. The lowest BCUT2D eigenvalue weighted by Gasteiger charge is -2.26. The van der Waals surface area contributed by atoms with E-state index in [1.165, 1.54) is 17.7 Å². The molecular formula is C31H40N4O4. The molecule has 0 bridgehead atoms. The van der Waals surface area contributed by atoms with Gasteiger partial charge in [0.1, 0.15) is 6.04 Å². The van der Waals surface area contributed by atoms with E-state index in [9.17, 15) is 14.4 Å². The fraction of sp³-hybridized carbons (Fsp3) is 0.419. The van der Waals surface area contributed by atoms with Crippen LogP contribution in [0.25, 0.3) is 11.1 Å². The molecule has 1 aromatic carbocycles. The number of carbonyl (C=O) groups excluding carboxylic acids is 2. The number of benzene rings is 1. The lowest BCUT2D eigenvalue weighted by Crippen LogP contribution is -2.40. The summed E-state index contributed by atoms with van der Waals surface area (Å²) in [6.45, 7) is 8.75. The van der Waals surface area contributed by atoms with Gasteiger partial charge in [-0.05, 0) is 74.2 Å². The minimum Gasteiger partial charge on any atom is -0.469 e. The summed E-state index contributed by atoms with van der Waals surface area (Å²) >= 11 is 0. The first-order chi connectivity index (χ1) is 18.5. The number of pyridine rings is 2. The minimum absolute atomic E-state index is 0.0654. The topological polar surface area (TPSA) is 93.5 Å². The van der Waals surface area contributed by atoms with Crippen LogP contribution < -0.4 is 10.9 Å². The molecule has 8 nitrogen and oxygen atoms in total. The summed E-state index contributed by atoms with van der Waals surface area (Å²) in [5.74, 6) is -0.638. The first kappa shape index (κ1) is 29.8. The molecule has 2 atom stereocenters. The number of esters is 1. The van der Waals surface area contributed by atoms with E-state index in [2.05, 4.69) is 10.3 Å². The Morgan fingerprint density at radius 3 is 2.38 bits per heavy atom. The quantitative estimate of drug-likeness (QED) is 0.363. The van der Waals surface area contributed by atoms with E-state index in [-0.39, 0.29) is 23.8 Å². The van der Waals surface area contributed by atoms with Gasteiger partial charge in [-0.25, -0.2) is 0 Å². The minimum atomic E-state index is -0.741. The van der Waals surface area contributed by atoms with Gasteiger partial charge in [-0.1, -0.05) is 38.1 Å². The predicted octanol–water partition coefficient (Wildman–Crippen LogP) is 4.60. The smallest absolute Gasteiger partial charge is 0.307 e. The molecule has 0 radical (unpaired) electrons. The van der Waals surface area contributed by atoms with Crippen molar-refractivity contribution in [3.63, 3.8) is 0 Å². The first-order valence-electron chi connectivity index (χ1n) is 13.2. The van der Waals surface area contributed by atoms with Crippen molar-refractivity contribution in [3.8, 4) is 11.1 Å². The second-order valence-electron chi connectivity index (χ2n) is 10.8. The van der Waals surface area contributed by atoms with Crippen molar-refractivity contribution in [1.82, 2.24) is 19.8 Å². The maximum absolute atomic E-state index is 13.8. The molecule has 0 aliphatic carbocycles. The van der Waals surface area contributed by atoms with Crippen molar-refractivity contribution >= 4 is 11.9 Å². The van der Waals surface area contributed by atoms with Crippen LogP contribution in [-0.2, 0) is 20.9 Å². The lowest BCUT2D eigenvalue weighted by molar-refractivity contribution is -0.141. The van der Waals surface area contributed by atoms with Crippen LogP contribution in [0, 0.1) is 19.8 Å². The van der Waals surface area contributed by atoms with Crippen molar-refractivity contribution in [2.24, 2.45) is 5.92 Å². The Labute approximate surface area is 231 Å². The monoisotopic (exact) mass is 532 g/mol. The van der Waals surface area contributed by atoms with Crippen LogP contribution >= 0.6 is 0 Å². The Hall–Kier alpha value is -3.78. The molecule has 0 saturated heterocycles. The Balaban J connectivity index is 2.01. The molecule has 1 amide bonds. The number of aromatic nitrogens is 2. The molecule has 0 aliphatic rings. The van der Waals surface area contributed by atoms with Crippen molar-refractivity contribution in [1.29, 1.82) is 0 Å². The van der Waals surface area contributed by atoms with Crippen molar-refractivity contribution in [2.75, 3.05) is 21.2 Å². The molecule has 208 valence electrons. The van der Waals surface area contributed by atoms with E-state index in [4.69, 9.17) is 4.74 Å². The zero-order valence-corrected chi connectivity index (χ0v) is 24.0. The van der Waals surface area contributed by atoms with Crippen molar-refractivity contribution in [3.05, 3.63) is 87.6 Å². The Kier molecular flexibility index (Phi) is 10.2. The molecule has 0 saturated carbocycles. The number of nitrogens with one attached hydrogen (secondary N) is 1. The third kappa shape index (κ3) is 7.86. The number of hydrogen-bond donors (Lipinski definition) is 1. The molecule has 3 aromatic rings. The van der Waals surface area contributed by atoms with Crippen LogP contribution in [0.2, 0.25) is 0 Å². The average molecular weight is 533 g/mol. The molecule has 1 N–H and O–H groups in total. The van der Waals surface area contributed by atoms with Gasteiger partial charge in [0, 0.05) is 36.8 Å². The van der Waals surface area contributed by atoms with Crippen LogP contribution in [0.15, 0.2) is 59.8 Å². The average Bonchev–Trinajstić information content (AvgIpc) is 2.87. The summed E-state index contributed by atoms with van der Waals surface area (Å²) in [5.41, 5.74) is 5.55. The van der Waals surface area contributed by atoms with Gasteiger partial charge in [-0.2, -0.15) is 0 Å². The van der Waals surface area contributed by atoms with E-state index >= 15 is 0 Å². The van der Waals surface area contributed by atoms with Crippen molar-refractivity contribution < 1.29 is 14.3 Å². The number of nitrogens with zero attached hydrogens (tertiary/aromatic N) is 3. The predicted molar refractivity (Wildman–Crippen MR) is 153 cm³/mol. The van der Waals surface area contributed by atoms with Crippen LogP contribution in [0.5, 0.6) is 0 Å². The van der Waals surface area contributed by atoms with Gasteiger partial charge in [-0.3, -0.25) is 19.4 Å². The molecule has 2 heterocycles. The van der Waals surface area contributed by atoms with E-state index < -0.39 is 18.1 Å². The third-order valence-electron chi connectivity index (χ3n) is 6.68. The first-order valence-corrected chi connectivity index (χ1v) is 13.2.